The quantitative estimate of drug-likeness (QED) is 0.216. The number of sulfone groups is 1. The highest BCUT2D eigenvalue weighted by atomic mass is 32.2. The Morgan fingerprint density at radius 1 is 0.950 bits per heavy atom. The van der Waals surface area contributed by atoms with Crippen LogP contribution in [0, 0.1) is 11.3 Å². The smallest absolute Gasteiger partial charge is 0.252 e. The average Bonchev–Trinajstić information content (AvgIpc) is 2.90. The molecule has 204 valence electrons. The van der Waals surface area contributed by atoms with E-state index >= 15 is 0 Å². The number of hydrogen-bond acceptors (Lipinski definition) is 5. The highest BCUT2D eigenvalue weighted by Crippen LogP contribution is 2.34. The van der Waals surface area contributed by atoms with Gasteiger partial charge in [-0.1, -0.05) is 36.4 Å². The van der Waals surface area contributed by atoms with Gasteiger partial charge in [0.25, 0.3) is 5.91 Å². The Labute approximate surface area is 236 Å². The molecule has 3 aromatic carbocycles. The summed E-state index contributed by atoms with van der Waals surface area (Å²) in [6, 6.07) is 24.4. The van der Waals surface area contributed by atoms with Crippen molar-refractivity contribution >= 4 is 38.3 Å². The normalized spacial score (nSPS) is 12.7. The van der Waals surface area contributed by atoms with E-state index < -0.39 is 20.8 Å². The number of benzene rings is 3. The highest BCUT2D eigenvalue weighted by Gasteiger charge is 2.23. The molecular weight excluding hydrogens is 518 g/mol. The zero-order valence-corrected chi connectivity index (χ0v) is 24.4. The summed E-state index contributed by atoms with van der Waals surface area (Å²) >= 11 is 0. The third-order valence-electron chi connectivity index (χ3n) is 6.54. The van der Waals surface area contributed by atoms with Crippen molar-refractivity contribution in [3.05, 3.63) is 95.7 Å². The summed E-state index contributed by atoms with van der Waals surface area (Å²) in [4.78, 5) is 18.2. The topological polar surface area (TPSA) is 99.9 Å². The van der Waals surface area contributed by atoms with Gasteiger partial charge in [-0.25, -0.2) is 8.42 Å². The third-order valence-corrected chi connectivity index (χ3v) is 7.67. The van der Waals surface area contributed by atoms with Crippen LogP contribution in [-0.4, -0.2) is 31.1 Å². The van der Waals surface area contributed by atoms with Crippen molar-refractivity contribution < 1.29 is 13.2 Å². The van der Waals surface area contributed by atoms with E-state index in [1.807, 2.05) is 83.1 Å². The van der Waals surface area contributed by atoms with E-state index in [9.17, 15) is 18.5 Å². The predicted octanol–water partition coefficient (Wildman–Crippen LogP) is 6.56. The van der Waals surface area contributed by atoms with Crippen LogP contribution in [0.25, 0.3) is 33.7 Å². The summed E-state index contributed by atoms with van der Waals surface area (Å²) in [5, 5.41) is 13.7. The predicted molar refractivity (Wildman–Crippen MR) is 161 cm³/mol. The first kappa shape index (κ1) is 28.7. The Morgan fingerprint density at radius 2 is 1.65 bits per heavy atom. The number of pyridine rings is 1. The van der Waals surface area contributed by atoms with Crippen LogP contribution in [0.5, 0.6) is 0 Å². The van der Waals surface area contributed by atoms with Crippen LogP contribution in [0.2, 0.25) is 0 Å². The van der Waals surface area contributed by atoms with Crippen molar-refractivity contribution in [1.29, 1.82) is 5.26 Å². The van der Waals surface area contributed by atoms with Crippen molar-refractivity contribution in [2.24, 2.45) is 0 Å². The number of nitrogens with zero attached hydrogens (tertiary/aromatic N) is 2. The number of hydrogen-bond donors (Lipinski definition) is 1. The fourth-order valence-electron chi connectivity index (χ4n) is 4.37. The number of amides is 1. The van der Waals surface area contributed by atoms with Crippen LogP contribution < -0.4 is 5.32 Å². The number of carbonyl (C=O) groups excluding carboxylic acids is 1. The highest BCUT2D eigenvalue weighted by molar-refractivity contribution is 7.90. The molecule has 0 saturated carbocycles. The second-order valence-electron chi connectivity index (χ2n) is 11.5. The molecule has 1 heterocycles. The molecule has 0 aliphatic rings. The largest absolute Gasteiger partial charge is 0.347 e. The van der Waals surface area contributed by atoms with Crippen LogP contribution in [0.4, 0.5) is 0 Å². The minimum Gasteiger partial charge on any atom is -0.347 e. The zero-order valence-electron chi connectivity index (χ0n) is 23.6. The first-order valence-corrected chi connectivity index (χ1v) is 14.8. The van der Waals surface area contributed by atoms with E-state index in [2.05, 4.69) is 16.4 Å². The fraction of sp³-hybridized carbons (Fsp3) is 0.242. The minimum atomic E-state index is -3.37. The standard InChI is InChI=1S/C33H33N3O3S/c1-32(2,3)36-31(37)29(23-12-14-27(15-13-23)40(6,38)39)18-22-9-7-10-24(17-22)28-20-26(33(4,5)21-34)19-25-11-8-16-35-30(25)28/h7-20H,1-6H3,(H,36,37)/b29-18+. The Balaban J connectivity index is 1.87. The van der Waals surface area contributed by atoms with E-state index in [0.29, 0.717) is 11.1 Å². The maximum absolute atomic E-state index is 13.4. The molecule has 1 N–H and O–H groups in total. The molecule has 0 fully saturated rings. The molecule has 0 radical (unpaired) electrons. The summed E-state index contributed by atoms with van der Waals surface area (Å²) in [6.07, 6.45) is 4.71. The average molecular weight is 552 g/mol. The maximum Gasteiger partial charge on any atom is 0.252 e. The summed E-state index contributed by atoms with van der Waals surface area (Å²) in [5.41, 5.74) is 4.15. The molecule has 0 aliphatic carbocycles. The maximum atomic E-state index is 13.4. The molecule has 0 atom stereocenters. The van der Waals surface area contributed by atoms with Crippen LogP contribution in [-0.2, 0) is 20.0 Å². The molecule has 0 unspecified atom stereocenters. The van der Waals surface area contributed by atoms with E-state index in [1.165, 1.54) is 12.1 Å². The van der Waals surface area contributed by atoms with Crippen molar-refractivity contribution in [1.82, 2.24) is 10.3 Å². The van der Waals surface area contributed by atoms with Crippen LogP contribution in [0.15, 0.2) is 83.9 Å². The van der Waals surface area contributed by atoms with E-state index in [1.54, 1.807) is 24.4 Å². The molecule has 0 saturated heterocycles. The lowest BCUT2D eigenvalue weighted by molar-refractivity contribution is -0.116. The van der Waals surface area contributed by atoms with Crippen LogP contribution in [0.3, 0.4) is 0 Å². The Bertz CT molecular complexity index is 1770. The van der Waals surface area contributed by atoms with Gasteiger partial charge in [0.05, 0.1) is 21.9 Å². The van der Waals surface area contributed by atoms with Crippen molar-refractivity contribution in [3.8, 4) is 17.2 Å². The van der Waals surface area contributed by atoms with Gasteiger partial charge in [-0.05, 0) is 99.3 Å². The van der Waals surface area contributed by atoms with Gasteiger partial charge in [-0.2, -0.15) is 5.26 Å². The lowest BCUT2D eigenvalue weighted by Crippen LogP contribution is -2.41. The lowest BCUT2D eigenvalue weighted by Gasteiger charge is -2.22. The van der Waals surface area contributed by atoms with Gasteiger partial charge in [0.15, 0.2) is 9.84 Å². The molecule has 0 spiro atoms. The number of nitrogens with one attached hydrogen (secondary N) is 1. The van der Waals surface area contributed by atoms with Crippen molar-refractivity contribution in [2.75, 3.05) is 6.26 Å². The molecular formula is C33H33N3O3S. The van der Waals surface area contributed by atoms with Gasteiger partial charge < -0.3 is 5.32 Å². The molecule has 40 heavy (non-hydrogen) atoms. The van der Waals surface area contributed by atoms with Crippen molar-refractivity contribution in [2.45, 2.75) is 50.5 Å². The second kappa shape index (κ2) is 10.7. The number of nitriles is 1. The van der Waals surface area contributed by atoms with E-state index in [0.717, 1.165) is 39.4 Å². The van der Waals surface area contributed by atoms with E-state index in [-0.39, 0.29) is 10.8 Å². The Morgan fingerprint density at radius 3 is 2.27 bits per heavy atom. The lowest BCUT2D eigenvalue weighted by atomic mass is 9.83. The molecule has 6 nitrogen and oxygen atoms in total. The van der Waals surface area contributed by atoms with Crippen LogP contribution >= 0.6 is 0 Å². The van der Waals surface area contributed by atoms with Crippen LogP contribution in [0.1, 0.15) is 51.3 Å². The molecule has 0 aliphatic heterocycles. The monoisotopic (exact) mass is 551 g/mol. The molecule has 4 rings (SSSR count). The SMILES string of the molecule is CC(C)(C)NC(=O)/C(=C/c1cccc(-c2cc(C(C)(C)C#N)cc3cccnc23)c1)c1ccc(S(C)(=O)=O)cc1. The molecule has 1 amide bonds. The molecule has 7 heteroatoms. The van der Waals surface area contributed by atoms with Gasteiger partial charge >= 0.3 is 0 Å². The van der Waals surface area contributed by atoms with E-state index in [4.69, 9.17) is 0 Å². The molecule has 4 aromatic rings. The van der Waals surface area contributed by atoms with Crippen molar-refractivity contribution in [3.63, 3.8) is 0 Å². The first-order valence-electron chi connectivity index (χ1n) is 12.9. The van der Waals surface area contributed by atoms with Gasteiger partial charge in [0.2, 0.25) is 0 Å². The summed E-state index contributed by atoms with van der Waals surface area (Å²) in [5.74, 6) is -0.269. The molecule has 1 aromatic heterocycles. The minimum absolute atomic E-state index is 0.188. The Hall–Kier alpha value is -4.28. The number of rotatable bonds is 6. The number of aromatic nitrogens is 1. The first-order chi connectivity index (χ1) is 18.7. The molecule has 0 bridgehead atoms. The van der Waals surface area contributed by atoms with Gasteiger partial charge in [-0.15, -0.1) is 0 Å². The number of fused-ring (bicyclic) bond motifs is 1. The van der Waals surface area contributed by atoms with Gasteiger partial charge in [0.1, 0.15) is 0 Å². The summed E-state index contributed by atoms with van der Waals surface area (Å²) in [6.45, 7) is 9.50. The summed E-state index contributed by atoms with van der Waals surface area (Å²) < 4.78 is 24.0. The van der Waals surface area contributed by atoms with Gasteiger partial charge in [-0.3, -0.25) is 9.78 Å². The summed E-state index contributed by atoms with van der Waals surface area (Å²) in [7, 11) is -3.37. The second-order valence-corrected chi connectivity index (χ2v) is 13.5. The van der Waals surface area contributed by atoms with Gasteiger partial charge in [0, 0.05) is 34.5 Å². The Kier molecular flexibility index (Phi) is 7.69. The third kappa shape index (κ3) is 6.47. The zero-order chi connectivity index (χ0) is 29.3. The fourth-order valence-corrected chi connectivity index (χ4v) is 5.00. The number of carbonyl (C=O) groups is 1.